The molecular formula is C15H24N2S. The van der Waals surface area contributed by atoms with Crippen molar-refractivity contribution >= 4 is 11.8 Å². The molecule has 18 heavy (non-hydrogen) atoms. The van der Waals surface area contributed by atoms with Crippen LogP contribution in [-0.2, 0) is 6.54 Å². The molecule has 2 rings (SSSR count). The number of rotatable bonds is 7. The van der Waals surface area contributed by atoms with E-state index in [4.69, 9.17) is 0 Å². The second-order valence-electron chi connectivity index (χ2n) is 5.55. The lowest BCUT2D eigenvalue weighted by Crippen LogP contribution is -2.32. The molecule has 100 valence electrons. The highest BCUT2D eigenvalue weighted by molar-refractivity contribution is 7.98. The molecule has 1 saturated carbocycles. The molecule has 1 aliphatic rings. The maximum Gasteiger partial charge on any atom is 0.0230 e. The molecule has 0 aromatic heterocycles. The van der Waals surface area contributed by atoms with Crippen LogP contribution < -0.4 is 5.32 Å². The summed E-state index contributed by atoms with van der Waals surface area (Å²) in [5.41, 5.74) is 1.97. The fourth-order valence-corrected chi connectivity index (χ4v) is 3.02. The Bertz CT molecular complexity index is 371. The Morgan fingerprint density at radius 2 is 1.94 bits per heavy atom. The van der Waals surface area contributed by atoms with Gasteiger partial charge in [0, 0.05) is 24.5 Å². The Balaban J connectivity index is 1.84. The van der Waals surface area contributed by atoms with Crippen molar-refractivity contribution in [1.29, 1.82) is 0 Å². The predicted octanol–water partition coefficient (Wildman–Crippen LogP) is 2.84. The highest BCUT2D eigenvalue weighted by atomic mass is 32.2. The first kappa shape index (κ1) is 13.9. The van der Waals surface area contributed by atoms with E-state index < -0.39 is 0 Å². The molecule has 1 fully saturated rings. The zero-order valence-corrected chi connectivity index (χ0v) is 12.5. The van der Waals surface area contributed by atoms with Gasteiger partial charge in [0.15, 0.2) is 0 Å². The van der Waals surface area contributed by atoms with Gasteiger partial charge < -0.3 is 10.2 Å². The fourth-order valence-electron chi connectivity index (χ4n) is 2.61. The van der Waals surface area contributed by atoms with Gasteiger partial charge in [-0.15, -0.1) is 11.8 Å². The SMILES string of the molecule is CNCC1(CN(C)Cc2ccc(SC)cc2)CC1. The summed E-state index contributed by atoms with van der Waals surface area (Å²) in [6.45, 7) is 3.42. The molecule has 0 amide bonds. The minimum Gasteiger partial charge on any atom is -0.319 e. The zero-order chi connectivity index (χ0) is 13.0. The molecule has 0 saturated heterocycles. The third-order valence-electron chi connectivity index (χ3n) is 3.73. The molecule has 0 aliphatic heterocycles. The molecule has 1 aromatic rings. The molecule has 0 bridgehead atoms. The minimum atomic E-state index is 0.558. The predicted molar refractivity (Wildman–Crippen MR) is 80.2 cm³/mol. The molecular weight excluding hydrogens is 240 g/mol. The summed E-state index contributed by atoms with van der Waals surface area (Å²) in [7, 11) is 4.29. The Morgan fingerprint density at radius 1 is 1.28 bits per heavy atom. The number of nitrogens with zero attached hydrogens (tertiary/aromatic N) is 1. The van der Waals surface area contributed by atoms with E-state index in [0.717, 1.165) is 13.1 Å². The van der Waals surface area contributed by atoms with Crippen LogP contribution in [-0.4, -0.2) is 38.3 Å². The Kier molecular flexibility index (Phi) is 4.71. The molecule has 0 heterocycles. The van der Waals surface area contributed by atoms with Crippen LogP contribution in [0.2, 0.25) is 0 Å². The maximum atomic E-state index is 3.33. The van der Waals surface area contributed by atoms with Crippen LogP contribution in [0.25, 0.3) is 0 Å². The maximum absolute atomic E-state index is 3.33. The lowest BCUT2D eigenvalue weighted by Gasteiger charge is -2.23. The zero-order valence-electron chi connectivity index (χ0n) is 11.7. The Morgan fingerprint density at radius 3 is 2.44 bits per heavy atom. The van der Waals surface area contributed by atoms with E-state index in [1.165, 1.54) is 29.8 Å². The van der Waals surface area contributed by atoms with E-state index in [2.05, 4.69) is 54.8 Å². The van der Waals surface area contributed by atoms with Gasteiger partial charge in [-0.1, -0.05) is 12.1 Å². The van der Waals surface area contributed by atoms with Crippen LogP contribution in [0.5, 0.6) is 0 Å². The molecule has 0 unspecified atom stereocenters. The van der Waals surface area contributed by atoms with E-state index in [1.54, 1.807) is 11.8 Å². The smallest absolute Gasteiger partial charge is 0.0230 e. The van der Waals surface area contributed by atoms with Crippen molar-refractivity contribution in [2.24, 2.45) is 5.41 Å². The molecule has 1 aliphatic carbocycles. The average Bonchev–Trinajstić information content (AvgIpc) is 3.10. The summed E-state index contributed by atoms with van der Waals surface area (Å²) >= 11 is 1.80. The van der Waals surface area contributed by atoms with Gasteiger partial charge >= 0.3 is 0 Å². The first-order valence-electron chi connectivity index (χ1n) is 6.63. The second kappa shape index (κ2) is 6.09. The van der Waals surface area contributed by atoms with Gasteiger partial charge in [-0.3, -0.25) is 0 Å². The molecule has 2 nitrogen and oxygen atoms in total. The van der Waals surface area contributed by atoms with E-state index in [0.29, 0.717) is 5.41 Å². The van der Waals surface area contributed by atoms with Crippen molar-refractivity contribution < 1.29 is 0 Å². The molecule has 0 radical (unpaired) electrons. The number of thioether (sulfide) groups is 1. The number of nitrogens with one attached hydrogen (secondary N) is 1. The van der Waals surface area contributed by atoms with Gasteiger partial charge in [-0.05, 0) is 56.3 Å². The minimum absolute atomic E-state index is 0.558. The van der Waals surface area contributed by atoms with Crippen molar-refractivity contribution in [3.8, 4) is 0 Å². The third-order valence-corrected chi connectivity index (χ3v) is 4.47. The number of hydrogen-bond acceptors (Lipinski definition) is 3. The highest BCUT2D eigenvalue weighted by Crippen LogP contribution is 2.45. The molecule has 0 atom stereocenters. The second-order valence-corrected chi connectivity index (χ2v) is 6.43. The van der Waals surface area contributed by atoms with Crippen molar-refractivity contribution in [2.75, 3.05) is 33.4 Å². The highest BCUT2D eigenvalue weighted by Gasteiger charge is 2.42. The van der Waals surface area contributed by atoms with Crippen LogP contribution >= 0.6 is 11.8 Å². The number of benzene rings is 1. The van der Waals surface area contributed by atoms with Crippen LogP contribution in [0, 0.1) is 5.41 Å². The summed E-state index contributed by atoms with van der Waals surface area (Å²) in [4.78, 5) is 3.80. The summed E-state index contributed by atoms with van der Waals surface area (Å²) in [5, 5.41) is 3.33. The normalized spacial score (nSPS) is 17.1. The van der Waals surface area contributed by atoms with Gasteiger partial charge in [0.1, 0.15) is 0 Å². The summed E-state index contributed by atoms with van der Waals surface area (Å²) in [6.07, 6.45) is 4.88. The molecule has 3 heteroatoms. The monoisotopic (exact) mass is 264 g/mol. The molecule has 1 N–H and O–H groups in total. The Labute approximate surface area is 115 Å². The van der Waals surface area contributed by atoms with Crippen LogP contribution in [0.1, 0.15) is 18.4 Å². The first-order chi connectivity index (χ1) is 8.67. The van der Waals surface area contributed by atoms with E-state index >= 15 is 0 Å². The van der Waals surface area contributed by atoms with Crippen molar-refractivity contribution in [3.63, 3.8) is 0 Å². The van der Waals surface area contributed by atoms with Crippen molar-refractivity contribution in [1.82, 2.24) is 10.2 Å². The fraction of sp³-hybridized carbons (Fsp3) is 0.600. The largest absolute Gasteiger partial charge is 0.319 e. The van der Waals surface area contributed by atoms with Gasteiger partial charge in [-0.2, -0.15) is 0 Å². The van der Waals surface area contributed by atoms with Gasteiger partial charge in [0.2, 0.25) is 0 Å². The number of hydrogen-bond donors (Lipinski definition) is 1. The van der Waals surface area contributed by atoms with Crippen LogP contribution in [0.4, 0.5) is 0 Å². The summed E-state index contributed by atoms with van der Waals surface area (Å²) < 4.78 is 0. The third kappa shape index (κ3) is 3.74. The van der Waals surface area contributed by atoms with Crippen LogP contribution in [0.15, 0.2) is 29.2 Å². The summed E-state index contributed by atoms with van der Waals surface area (Å²) in [6, 6.07) is 8.93. The quantitative estimate of drug-likeness (QED) is 0.762. The van der Waals surface area contributed by atoms with Crippen molar-refractivity contribution in [3.05, 3.63) is 29.8 Å². The van der Waals surface area contributed by atoms with Crippen molar-refractivity contribution in [2.45, 2.75) is 24.3 Å². The van der Waals surface area contributed by atoms with E-state index in [9.17, 15) is 0 Å². The topological polar surface area (TPSA) is 15.3 Å². The summed E-state index contributed by atoms with van der Waals surface area (Å²) in [5.74, 6) is 0. The lowest BCUT2D eigenvalue weighted by molar-refractivity contribution is 0.252. The molecule has 0 spiro atoms. The lowest BCUT2D eigenvalue weighted by atomic mass is 10.1. The van der Waals surface area contributed by atoms with Gasteiger partial charge in [0.05, 0.1) is 0 Å². The van der Waals surface area contributed by atoms with E-state index in [1.807, 2.05) is 0 Å². The Hall–Kier alpha value is -0.510. The standard InChI is InChI=1S/C15H24N2S/c1-16-11-15(8-9-15)12-17(2)10-13-4-6-14(18-3)7-5-13/h4-7,16H,8-12H2,1-3H3. The molecule has 1 aromatic carbocycles. The van der Waals surface area contributed by atoms with Gasteiger partial charge in [-0.25, -0.2) is 0 Å². The van der Waals surface area contributed by atoms with Gasteiger partial charge in [0.25, 0.3) is 0 Å². The average molecular weight is 264 g/mol. The van der Waals surface area contributed by atoms with Crippen LogP contribution in [0.3, 0.4) is 0 Å². The first-order valence-corrected chi connectivity index (χ1v) is 7.86. The van der Waals surface area contributed by atoms with E-state index in [-0.39, 0.29) is 0 Å².